The molecule has 10 nitrogen and oxygen atoms in total. The molecule has 0 aliphatic carbocycles. The lowest BCUT2D eigenvalue weighted by molar-refractivity contribution is -0.704. The monoisotopic (exact) mass is 595 g/mol. The first kappa shape index (κ1) is 28.7. The number of anilines is 1. The normalized spacial score (nSPS) is 13.8. The van der Waals surface area contributed by atoms with Gasteiger partial charge in [0.2, 0.25) is 11.6 Å². The number of thiophene rings is 1. The zero-order valence-corrected chi connectivity index (χ0v) is 24.6. The summed E-state index contributed by atoms with van der Waals surface area (Å²) in [6.45, 7) is 5.96. The number of aromatic amines is 1. The molecule has 0 spiro atoms. The Morgan fingerprint density at radius 3 is 2.66 bits per heavy atom. The average Bonchev–Trinajstić information content (AvgIpc) is 3.52. The van der Waals surface area contributed by atoms with E-state index >= 15 is 0 Å². The number of amides is 1. The van der Waals surface area contributed by atoms with Crippen molar-refractivity contribution < 1.29 is 28.3 Å². The van der Waals surface area contributed by atoms with E-state index in [0.29, 0.717) is 35.0 Å². The van der Waals surface area contributed by atoms with Crippen LogP contribution in [0.3, 0.4) is 0 Å². The number of benzene rings is 2. The van der Waals surface area contributed by atoms with Gasteiger partial charge in [0.1, 0.15) is 10.8 Å². The van der Waals surface area contributed by atoms with Gasteiger partial charge in [-0.15, -0.1) is 11.3 Å². The Bertz CT molecular complexity index is 1580. The van der Waals surface area contributed by atoms with E-state index in [1.807, 2.05) is 18.2 Å². The van der Waals surface area contributed by atoms with Gasteiger partial charge in [-0.3, -0.25) is 14.2 Å². The van der Waals surface area contributed by atoms with Crippen molar-refractivity contribution in [2.45, 2.75) is 43.6 Å². The van der Waals surface area contributed by atoms with E-state index in [1.165, 1.54) is 21.6 Å². The number of hydrogen-bond acceptors (Lipinski definition) is 9. The highest BCUT2D eigenvalue weighted by Gasteiger charge is 2.32. The molecule has 5 rings (SSSR count). The molecule has 4 aromatic rings. The number of hydrogen-bond donors (Lipinski definition) is 2. The first-order chi connectivity index (χ1) is 19.9. The standard InChI is InChI=1S/C29H30N4O6S2/c1-4-38-28(35)24-22-14-15-32(16-19-8-6-5-7-9-19)17-23(22)41-26(24)30-25(34)18(2)40-27-29(36)39-31-33(27)20-10-12-21(37-3)13-11-20/h5-13,18H,4,14-17H2,1-3H3,(H-,30,31,34,35,36)/p+1. The molecular formula is C29H31N4O6S2+. The number of rotatable bonds is 10. The topological polar surface area (TPSA) is 118 Å². The number of thioether (sulfide) groups is 1. The van der Waals surface area contributed by atoms with Crippen molar-refractivity contribution in [2.24, 2.45) is 0 Å². The number of aromatic nitrogens is 2. The number of carbonyl (C=O) groups excluding carboxylic acids is 2. The van der Waals surface area contributed by atoms with Crippen LogP contribution in [0.4, 0.5) is 5.00 Å². The number of nitrogens with zero attached hydrogens (tertiary/aromatic N) is 2. The number of methoxy groups -OCH3 is 1. The molecule has 2 aromatic heterocycles. The SMILES string of the molecule is CCOC(=O)c1c(NC(=O)C(C)Sc2c(=O)o[nH][n+]2-c2ccc(OC)cc2)sc2c1CCN(Cc1ccccc1)C2. The van der Waals surface area contributed by atoms with Crippen LogP contribution in [0.1, 0.15) is 40.2 Å². The van der Waals surface area contributed by atoms with Gasteiger partial charge in [0, 0.05) is 36.6 Å². The maximum Gasteiger partial charge on any atom is 0.442 e. The summed E-state index contributed by atoms with van der Waals surface area (Å²) in [5.74, 6) is -0.121. The summed E-state index contributed by atoms with van der Waals surface area (Å²) >= 11 is 2.46. The lowest BCUT2D eigenvalue weighted by Crippen LogP contribution is -2.37. The Kier molecular flexibility index (Phi) is 8.91. The summed E-state index contributed by atoms with van der Waals surface area (Å²) in [4.78, 5) is 42.3. The lowest BCUT2D eigenvalue weighted by atomic mass is 10.0. The number of esters is 1. The van der Waals surface area contributed by atoms with Crippen molar-refractivity contribution in [3.8, 4) is 11.4 Å². The summed E-state index contributed by atoms with van der Waals surface area (Å²) in [6, 6.07) is 17.3. The molecule has 2 aromatic carbocycles. The van der Waals surface area contributed by atoms with E-state index in [9.17, 15) is 14.4 Å². The van der Waals surface area contributed by atoms with Crippen LogP contribution >= 0.6 is 23.1 Å². The second-order valence-electron chi connectivity index (χ2n) is 9.44. The van der Waals surface area contributed by atoms with E-state index in [1.54, 1.807) is 45.2 Å². The average molecular weight is 596 g/mol. The largest absolute Gasteiger partial charge is 0.497 e. The fourth-order valence-electron chi connectivity index (χ4n) is 4.64. The van der Waals surface area contributed by atoms with Crippen LogP contribution in [0.5, 0.6) is 5.75 Å². The van der Waals surface area contributed by atoms with Crippen molar-refractivity contribution >= 4 is 40.0 Å². The molecule has 0 bridgehead atoms. The predicted molar refractivity (Wildman–Crippen MR) is 156 cm³/mol. The van der Waals surface area contributed by atoms with E-state index in [2.05, 4.69) is 27.6 Å². The number of carbonyl (C=O) groups is 2. The van der Waals surface area contributed by atoms with E-state index in [0.717, 1.165) is 35.3 Å². The molecule has 0 fully saturated rings. The molecule has 1 aliphatic rings. The molecule has 12 heteroatoms. The minimum absolute atomic E-state index is 0.213. The van der Waals surface area contributed by atoms with Gasteiger partial charge in [-0.25, -0.2) is 9.59 Å². The minimum atomic E-state index is -0.679. The Labute approximate surface area is 245 Å². The number of nitrogens with one attached hydrogen (secondary N) is 2. The second kappa shape index (κ2) is 12.8. The molecule has 0 radical (unpaired) electrons. The second-order valence-corrected chi connectivity index (χ2v) is 11.9. The Morgan fingerprint density at radius 1 is 1.20 bits per heavy atom. The fourth-order valence-corrected chi connectivity index (χ4v) is 6.81. The van der Waals surface area contributed by atoms with Crippen molar-refractivity contribution in [3.05, 3.63) is 86.6 Å². The van der Waals surface area contributed by atoms with Gasteiger partial charge in [0.05, 0.1) is 24.5 Å². The summed E-state index contributed by atoms with van der Waals surface area (Å²) in [5, 5.41) is 5.54. The highest BCUT2D eigenvalue weighted by Crippen LogP contribution is 2.38. The molecule has 41 heavy (non-hydrogen) atoms. The van der Waals surface area contributed by atoms with E-state index in [-0.39, 0.29) is 17.5 Å². The van der Waals surface area contributed by atoms with Gasteiger partial charge in [0.15, 0.2) is 0 Å². The fraction of sp³-hybridized carbons (Fsp3) is 0.310. The van der Waals surface area contributed by atoms with Crippen LogP contribution in [0.25, 0.3) is 5.69 Å². The zero-order chi connectivity index (χ0) is 28.9. The Morgan fingerprint density at radius 2 is 1.95 bits per heavy atom. The number of H-pyrrole nitrogens is 1. The van der Waals surface area contributed by atoms with Crippen LogP contribution in [0.15, 0.2) is 68.9 Å². The molecule has 0 saturated heterocycles. The number of fused-ring (bicyclic) bond motifs is 1. The third-order valence-electron chi connectivity index (χ3n) is 6.70. The molecule has 1 atom stereocenters. The van der Waals surface area contributed by atoms with Gasteiger partial charge in [-0.2, -0.15) is 0 Å². The molecule has 1 amide bonds. The molecule has 1 unspecified atom stereocenters. The number of ether oxygens (including phenoxy) is 2. The van der Waals surface area contributed by atoms with Crippen molar-refractivity contribution in [2.75, 3.05) is 25.6 Å². The van der Waals surface area contributed by atoms with Crippen molar-refractivity contribution in [3.63, 3.8) is 0 Å². The molecule has 1 aliphatic heterocycles. The van der Waals surface area contributed by atoms with Crippen LogP contribution < -0.4 is 20.4 Å². The van der Waals surface area contributed by atoms with Gasteiger partial charge < -0.3 is 14.8 Å². The minimum Gasteiger partial charge on any atom is -0.497 e. The first-order valence-electron chi connectivity index (χ1n) is 13.2. The smallest absolute Gasteiger partial charge is 0.442 e. The van der Waals surface area contributed by atoms with Crippen LogP contribution in [-0.4, -0.2) is 47.6 Å². The summed E-state index contributed by atoms with van der Waals surface area (Å²) in [7, 11) is 1.57. The summed E-state index contributed by atoms with van der Waals surface area (Å²) in [5.41, 5.74) is 2.62. The Hall–Kier alpha value is -3.87. The van der Waals surface area contributed by atoms with E-state index in [4.69, 9.17) is 14.0 Å². The summed E-state index contributed by atoms with van der Waals surface area (Å²) in [6.07, 6.45) is 0.680. The molecular weight excluding hydrogens is 564 g/mol. The van der Waals surface area contributed by atoms with Crippen LogP contribution in [0, 0.1) is 0 Å². The molecule has 214 valence electrons. The third-order valence-corrected chi connectivity index (χ3v) is 8.97. The van der Waals surface area contributed by atoms with Gasteiger partial charge >= 0.3 is 16.6 Å². The Balaban J connectivity index is 1.34. The van der Waals surface area contributed by atoms with Crippen molar-refractivity contribution in [1.82, 2.24) is 10.2 Å². The first-order valence-corrected chi connectivity index (χ1v) is 14.9. The maximum atomic E-state index is 13.4. The highest BCUT2D eigenvalue weighted by molar-refractivity contribution is 8.00. The lowest BCUT2D eigenvalue weighted by Gasteiger charge is -2.27. The zero-order valence-electron chi connectivity index (χ0n) is 23.0. The van der Waals surface area contributed by atoms with Gasteiger partial charge in [-0.1, -0.05) is 30.3 Å². The molecule has 0 saturated carbocycles. The maximum absolute atomic E-state index is 13.4. The summed E-state index contributed by atoms with van der Waals surface area (Å²) < 4.78 is 17.1. The van der Waals surface area contributed by atoms with Crippen LogP contribution in [-0.2, 0) is 29.0 Å². The van der Waals surface area contributed by atoms with Gasteiger partial charge in [-0.05, 0) is 65.2 Å². The van der Waals surface area contributed by atoms with Crippen molar-refractivity contribution in [1.29, 1.82) is 0 Å². The van der Waals surface area contributed by atoms with E-state index < -0.39 is 16.8 Å². The quantitative estimate of drug-likeness (QED) is 0.159. The molecule has 3 heterocycles. The highest BCUT2D eigenvalue weighted by atomic mass is 32.2. The molecule has 2 N–H and O–H groups in total. The third kappa shape index (κ3) is 6.39. The van der Waals surface area contributed by atoms with Gasteiger partial charge in [0.25, 0.3) is 0 Å². The predicted octanol–water partition coefficient (Wildman–Crippen LogP) is 4.17. The van der Waals surface area contributed by atoms with Crippen LogP contribution in [0.2, 0.25) is 0 Å².